The first kappa shape index (κ1) is 13.9. The number of hydrogen-bond acceptors (Lipinski definition) is 2. The lowest BCUT2D eigenvalue weighted by Crippen LogP contribution is -2.47. The molecule has 0 radical (unpaired) electrons. The molecule has 0 aromatic heterocycles. The van der Waals surface area contributed by atoms with Gasteiger partial charge in [0.1, 0.15) is 0 Å². The summed E-state index contributed by atoms with van der Waals surface area (Å²) in [5, 5.41) is 0. The van der Waals surface area contributed by atoms with Crippen molar-refractivity contribution in [3.63, 3.8) is 0 Å². The van der Waals surface area contributed by atoms with Crippen LogP contribution in [-0.2, 0) is 4.79 Å². The van der Waals surface area contributed by atoms with Gasteiger partial charge in [0.05, 0.1) is 0 Å². The Morgan fingerprint density at radius 1 is 1.22 bits per heavy atom. The Bertz CT molecular complexity index is 282. The average molecular weight is 252 g/mol. The van der Waals surface area contributed by atoms with Gasteiger partial charge in [-0.2, -0.15) is 0 Å². The molecular formula is C15H28N2O. The monoisotopic (exact) mass is 252 g/mol. The Hall–Kier alpha value is -0.570. The van der Waals surface area contributed by atoms with Crippen molar-refractivity contribution in [2.75, 3.05) is 13.1 Å². The maximum Gasteiger partial charge on any atom is 0.225 e. The highest BCUT2D eigenvalue weighted by atomic mass is 16.2. The van der Waals surface area contributed by atoms with Crippen LogP contribution in [0, 0.1) is 17.8 Å². The van der Waals surface area contributed by atoms with Crippen molar-refractivity contribution in [1.29, 1.82) is 0 Å². The molecule has 1 aliphatic carbocycles. The Labute approximate surface area is 111 Å². The van der Waals surface area contributed by atoms with Crippen LogP contribution in [-0.4, -0.2) is 29.9 Å². The molecule has 2 unspecified atom stereocenters. The summed E-state index contributed by atoms with van der Waals surface area (Å²) in [6.07, 6.45) is 6.95. The second-order valence-corrected chi connectivity index (χ2v) is 6.50. The van der Waals surface area contributed by atoms with Crippen molar-refractivity contribution >= 4 is 5.91 Å². The van der Waals surface area contributed by atoms with Crippen LogP contribution in [0.15, 0.2) is 0 Å². The van der Waals surface area contributed by atoms with E-state index in [0.29, 0.717) is 17.7 Å². The molecular weight excluding hydrogens is 224 g/mol. The molecule has 2 atom stereocenters. The summed E-state index contributed by atoms with van der Waals surface area (Å²) in [7, 11) is 0. The average Bonchev–Trinajstić information content (AvgIpc) is 2.39. The maximum absolute atomic E-state index is 12.5. The molecule has 2 aliphatic rings. The Balaban J connectivity index is 1.88. The SMILES string of the molecule is CC1CCC(C(=O)N2CCCC(C(C)N)C2)CC1. The highest BCUT2D eigenvalue weighted by Gasteiger charge is 2.31. The molecule has 18 heavy (non-hydrogen) atoms. The normalized spacial score (nSPS) is 35.3. The highest BCUT2D eigenvalue weighted by molar-refractivity contribution is 5.79. The van der Waals surface area contributed by atoms with Crippen LogP contribution >= 0.6 is 0 Å². The summed E-state index contributed by atoms with van der Waals surface area (Å²) in [4.78, 5) is 14.6. The lowest BCUT2D eigenvalue weighted by molar-refractivity contribution is -0.138. The standard InChI is InChI=1S/C15H28N2O/c1-11-5-7-13(8-6-11)15(18)17-9-3-4-14(10-17)12(2)16/h11-14H,3-10,16H2,1-2H3. The number of piperidine rings is 1. The predicted octanol–water partition coefficient (Wildman–Crippen LogP) is 2.40. The van der Waals surface area contributed by atoms with Crippen LogP contribution in [0.2, 0.25) is 0 Å². The van der Waals surface area contributed by atoms with Crippen LogP contribution in [0.4, 0.5) is 0 Å². The molecule has 0 spiro atoms. The molecule has 3 heteroatoms. The molecule has 0 aromatic rings. The van der Waals surface area contributed by atoms with Crippen LogP contribution in [0.3, 0.4) is 0 Å². The number of likely N-dealkylation sites (tertiary alicyclic amines) is 1. The van der Waals surface area contributed by atoms with Gasteiger partial charge in [-0.25, -0.2) is 0 Å². The summed E-state index contributed by atoms with van der Waals surface area (Å²) < 4.78 is 0. The van der Waals surface area contributed by atoms with E-state index in [2.05, 4.69) is 18.7 Å². The maximum atomic E-state index is 12.5. The zero-order valence-electron chi connectivity index (χ0n) is 11.9. The zero-order chi connectivity index (χ0) is 13.1. The minimum atomic E-state index is 0.215. The van der Waals surface area contributed by atoms with Crippen molar-refractivity contribution in [2.24, 2.45) is 23.5 Å². The van der Waals surface area contributed by atoms with E-state index in [-0.39, 0.29) is 6.04 Å². The van der Waals surface area contributed by atoms with E-state index in [1.165, 1.54) is 19.3 Å². The van der Waals surface area contributed by atoms with E-state index < -0.39 is 0 Å². The number of rotatable bonds is 2. The number of nitrogens with two attached hydrogens (primary N) is 1. The molecule has 2 fully saturated rings. The summed E-state index contributed by atoms with van der Waals surface area (Å²) in [5.41, 5.74) is 5.99. The van der Waals surface area contributed by atoms with Gasteiger partial charge in [0.2, 0.25) is 5.91 Å². The number of hydrogen-bond donors (Lipinski definition) is 1. The smallest absolute Gasteiger partial charge is 0.225 e. The quantitative estimate of drug-likeness (QED) is 0.820. The summed E-state index contributed by atoms with van der Waals surface area (Å²) >= 11 is 0. The van der Waals surface area contributed by atoms with Crippen molar-refractivity contribution in [2.45, 2.75) is 58.4 Å². The Morgan fingerprint density at radius 3 is 2.50 bits per heavy atom. The highest BCUT2D eigenvalue weighted by Crippen LogP contribution is 2.31. The molecule has 1 amide bonds. The minimum absolute atomic E-state index is 0.215. The molecule has 1 heterocycles. The van der Waals surface area contributed by atoms with Crippen LogP contribution in [0.25, 0.3) is 0 Å². The molecule has 1 saturated heterocycles. The van der Waals surface area contributed by atoms with E-state index >= 15 is 0 Å². The van der Waals surface area contributed by atoms with Crippen molar-refractivity contribution in [3.05, 3.63) is 0 Å². The molecule has 104 valence electrons. The molecule has 0 bridgehead atoms. The third kappa shape index (κ3) is 3.25. The lowest BCUT2D eigenvalue weighted by atomic mass is 9.81. The van der Waals surface area contributed by atoms with Crippen molar-refractivity contribution < 1.29 is 4.79 Å². The summed E-state index contributed by atoms with van der Waals surface area (Å²) in [6.45, 7) is 6.21. The fourth-order valence-corrected chi connectivity index (χ4v) is 3.40. The van der Waals surface area contributed by atoms with E-state index in [1.807, 2.05) is 0 Å². The van der Waals surface area contributed by atoms with E-state index in [4.69, 9.17) is 5.73 Å². The minimum Gasteiger partial charge on any atom is -0.342 e. The Kier molecular flexibility index (Phi) is 4.66. The topological polar surface area (TPSA) is 46.3 Å². The van der Waals surface area contributed by atoms with Crippen LogP contribution in [0.1, 0.15) is 52.4 Å². The third-order valence-corrected chi connectivity index (χ3v) is 4.88. The Morgan fingerprint density at radius 2 is 1.89 bits per heavy atom. The first-order valence-corrected chi connectivity index (χ1v) is 7.62. The third-order valence-electron chi connectivity index (χ3n) is 4.88. The van der Waals surface area contributed by atoms with E-state index in [9.17, 15) is 4.79 Å². The van der Waals surface area contributed by atoms with Gasteiger partial charge in [-0.05, 0) is 57.3 Å². The van der Waals surface area contributed by atoms with Gasteiger partial charge in [-0.15, -0.1) is 0 Å². The van der Waals surface area contributed by atoms with E-state index in [0.717, 1.165) is 38.3 Å². The fraction of sp³-hybridized carbons (Fsp3) is 0.933. The number of carbonyl (C=O) groups excluding carboxylic acids is 1. The predicted molar refractivity (Wildman–Crippen MR) is 74.1 cm³/mol. The van der Waals surface area contributed by atoms with Gasteiger partial charge in [-0.1, -0.05) is 6.92 Å². The largest absolute Gasteiger partial charge is 0.342 e. The van der Waals surface area contributed by atoms with Crippen molar-refractivity contribution in [1.82, 2.24) is 4.90 Å². The molecule has 2 N–H and O–H groups in total. The molecule has 0 aromatic carbocycles. The molecule has 1 saturated carbocycles. The van der Waals surface area contributed by atoms with Gasteiger partial charge in [-0.3, -0.25) is 4.79 Å². The van der Waals surface area contributed by atoms with Gasteiger partial charge >= 0.3 is 0 Å². The summed E-state index contributed by atoms with van der Waals surface area (Å²) in [5.74, 6) is 2.03. The van der Waals surface area contributed by atoms with Gasteiger partial charge < -0.3 is 10.6 Å². The van der Waals surface area contributed by atoms with Gasteiger partial charge in [0.15, 0.2) is 0 Å². The lowest BCUT2D eigenvalue weighted by Gasteiger charge is -2.37. The first-order valence-electron chi connectivity index (χ1n) is 7.62. The van der Waals surface area contributed by atoms with E-state index in [1.54, 1.807) is 0 Å². The molecule has 1 aliphatic heterocycles. The zero-order valence-corrected chi connectivity index (χ0v) is 11.9. The number of amides is 1. The number of nitrogens with zero attached hydrogens (tertiary/aromatic N) is 1. The summed E-state index contributed by atoms with van der Waals surface area (Å²) in [6, 6.07) is 0.215. The first-order chi connectivity index (χ1) is 8.58. The second-order valence-electron chi connectivity index (χ2n) is 6.50. The van der Waals surface area contributed by atoms with Crippen molar-refractivity contribution in [3.8, 4) is 0 Å². The molecule has 2 rings (SSSR count). The van der Waals surface area contributed by atoms with Crippen LogP contribution in [0.5, 0.6) is 0 Å². The van der Waals surface area contributed by atoms with Crippen LogP contribution < -0.4 is 5.73 Å². The van der Waals surface area contributed by atoms with Gasteiger partial charge in [0, 0.05) is 25.0 Å². The second kappa shape index (κ2) is 6.05. The fourth-order valence-electron chi connectivity index (χ4n) is 3.40. The molecule has 3 nitrogen and oxygen atoms in total. The number of carbonyl (C=O) groups is 1. The van der Waals surface area contributed by atoms with Gasteiger partial charge in [0.25, 0.3) is 0 Å².